The maximum Gasteiger partial charge on any atom is 0.138 e. The van der Waals surface area contributed by atoms with E-state index in [0.29, 0.717) is 29.1 Å². The van der Waals surface area contributed by atoms with E-state index >= 15 is 0 Å². The molecule has 0 fully saturated rings. The van der Waals surface area contributed by atoms with Crippen LogP contribution in [0.4, 0.5) is 5.82 Å². The third-order valence-corrected chi connectivity index (χ3v) is 6.89. The third kappa shape index (κ3) is 4.50. The van der Waals surface area contributed by atoms with Crippen molar-refractivity contribution < 1.29 is 14.4 Å². The van der Waals surface area contributed by atoms with Crippen molar-refractivity contribution in [3.05, 3.63) is 52.8 Å². The second kappa shape index (κ2) is 8.75. The molecule has 2 aromatic carbocycles. The molecular weight excluding hydrogens is 397 g/mol. The fourth-order valence-corrected chi connectivity index (χ4v) is 4.93. The molecule has 0 aliphatic rings. The number of hydrogen-bond acceptors (Lipinski definition) is 6. The van der Waals surface area contributed by atoms with Crippen LogP contribution in [0, 0.1) is 13.8 Å². The number of ether oxygens (including phenoxy) is 1. The highest BCUT2D eigenvalue weighted by molar-refractivity contribution is 7.70. The molecule has 30 heavy (non-hydrogen) atoms. The Kier molecular flexibility index (Phi) is 6.49. The van der Waals surface area contributed by atoms with Gasteiger partial charge in [0.25, 0.3) is 0 Å². The molecule has 3 rings (SSSR count). The molecule has 0 saturated carbocycles. The average molecular weight is 427 g/mol. The van der Waals surface area contributed by atoms with Gasteiger partial charge in [0.2, 0.25) is 0 Å². The number of aromatic nitrogens is 2. The van der Waals surface area contributed by atoms with Crippen molar-refractivity contribution in [1.29, 1.82) is 0 Å². The first-order valence-corrected chi connectivity index (χ1v) is 12.6. The lowest BCUT2D eigenvalue weighted by Gasteiger charge is -2.21. The number of nitrogens with one attached hydrogen (secondary N) is 1. The van der Waals surface area contributed by atoms with Gasteiger partial charge < -0.3 is 19.7 Å². The molecule has 0 radical (unpaired) electrons. The van der Waals surface area contributed by atoms with Gasteiger partial charge in [-0.2, -0.15) is 0 Å². The number of anilines is 1. The monoisotopic (exact) mass is 427 g/mol. The number of fused-ring (bicyclic) bond motifs is 1. The summed E-state index contributed by atoms with van der Waals surface area (Å²) >= 11 is 0. The predicted octanol–water partition coefficient (Wildman–Crippen LogP) is 4.21. The summed E-state index contributed by atoms with van der Waals surface area (Å²) in [4.78, 5) is 9.20. The van der Waals surface area contributed by atoms with Crippen molar-refractivity contribution >= 4 is 29.2 Å². The van der Waals surface area contributed by atoms with E-state index in [1.807, 2.05) is 31.2 Å². The quantitative estimate of drug-likeness (QED) is 0.550. The molecule has 7 heteroatoms. The summed E-state index contributed by atoms with van der Waals surface area (Å²) in [6.45, 7) is 9.61. The van der Waals surface area contributed by atoms with E-state index in [-0.39, 0.29) is 12.6 Å². The molecule has 2 N–H and O–H groups in total. The second-order valence-corrected chi connectivity index (χ2v) is 11.2. The molecule has 0 aliphatic carbocycles. The predicted molar refractivity (Wildman–Crippen MR) is 124 cm³/mol. The molecule has 160 valence electrons. The zero-order valence-corrected chi connectivity index (χ0v) is 19.4. The van der Waals surface area contributed by atoms with E-state index in [9.17, 15) is 9.67 Å². The van der Waals surface area contributed by atoms with E-state index in [1.165, 1.54) is 0 Å². The van der Waals surface area contributed by atoms with Crippen LogP contribution in [0.25, 0.3) is 10.9 Å². The Morgan fingerprint density at radius 2 is 1.93 bits per heavy atom. The Balaban J connectivity index is 2.10. The van der Waals surface area contributed by atoms with Crippen LogP contribution < -0.4 is 15.4 Å². The minimum Gasteiger partial charge on any atom is -0.496 e. The number of aryl methyl sites for hydroxylation is 1. The Hall–Kier alpha value is -2.43. The highest BCUT2D eigenvalue weighted by atomic mass is 31.2. The lowest BCUT2D eigenvalue weighted by Crippen LogP contribution is -2.13. The maximum absolute atomic E-state index is 12.8. The van der Waals surface area contributed by atoms with Crippen molar-refractivity contribution in [2.24, 2.45) is 0 Å². The fourth-order valence-electron chi connectivity index (χ4n) is 3.80. The number of methoxy groups -OCH3 is 1. The van der Waals surface area contributed by atoms with Gasteiger partial charge in [-0.1, -0.05) is 18.2 Å². The average Bonchev–Trinajstić information content (AvgIpc) is 2.67. The van der Waals surface area contributed by atoms with E-state index in [4.69, 9.17) is 4.74 Å². The van der Waals surface area contributed by atoms with Gasteiger partial charge in [-0.25, -0.2) is 9.97 Å². The number of nitrogens with zero attached hydrogens (tertiary/aromatic N) is 2. The molecular formula is C23H30N3O3P. The Morgan fingerprint density at radius 1 is 1.20 bits per heavy atom. The van der Waals surface area contributed by atoms with Crippen LogP contribution in [0.5, 0.6) is 5.75 Å². The molecule has 0 unspecified atom stereocenters. The Morgan fingerprint density at radius 3 is 2.57 bits per heavy atom. The van der Waals surface area contributed by atoms with Crippen molar-refractivity contribution in [3.8, 4) is 5.75 Å². The zero-order valence-electron chi connectivity index (χ0n) is 18.5. The largest absolute Gasteiger partial charge is 0.496 e. The van der Waals surface area contributed by atoms with Crippen LogP contribution >= 0.6 is 7.14 Å². The van der Waals surface area contributed by atoms with Gasteiger partial charge >= 0.3 is 0 Å². The molecule has 0 saturated heterocycles. The van der Waals surface area contributed by atoms with Crippen molar-refractivity contribution in [1.82, 2.24) is 9.97 Å². The zero-order chi connectivity index (χ0) is 22.1. The normalized spacial score (nSPS) is 12.8. The fraction of sp³-hybridized carbons (Fsp3) is 0.391. The molecule has 1 heterocycles. The smallest absolute Gasteiger partial charge is 0.138 e. The first-order chi connectivity index (χ1) is 14.2. The minimum absolute atomic E-state index is 0.0123. The minimum atomic E-state index is -2.55. The summed E-state index contributed by atoms with van der Waals surface area (Å²) in [7, 11) is -0.974. The van der Waals surface area contributed by atoms with Crippen LogP contribution in [0.1, 0.15) is 35.5 Å². The summed E-state index contributed by atoms with van der Waals surface area (Å²) in [6, 6.07) is 9.86. The lowest BCUT2D eigenvalue weighted by atomic mass is 9.96. The molecule has 0 bridgehead atoms. The summed E-state index contributed by atoms with van der Waals surface area (Å²) in [5, 5.41) is 14.3. The summed E-state index contributed by atoms with van der Waals surface area (Å²) < 4.78 is 18.3. The van der Waals surface area contributed by atoms with Gasteiger partial charge in [-0.15, -0.1) is 0 Å². The van der Waals surface area contributed by atoms with E-state index < -0.39 is 7.14 Å². The van der Waals surface area contributed by atoms with Crippen molar-refractivity contribution in [2.45, 2.75) is 33.2 Å². The summed E-state index contributed by atoms with van der Waals surface area (Å²) in [5.74, 6) is 1.93. The Labute approximate surface area is 178 Å². The lowest BCUT2D eigenvalue weighted by molar-refractivity contribution is 0.299. The SMILES string of the molecule is COc1cc2nc(C)nc(N[C@H](C)c3cccc(CCO)c3C)c2cc1P(C)(C)=O. The molecule has 1 atom stereocenters. The second-order valence-electron chi connectivity index (χ2n) is 7.98. The summed E-state index contributed by atoms with van der Waals surface area (Å²) in [6.07, 6.45) is 0.632. The van der Waals surface area contributed by atoms with E-state index in [0.717, 1.165) is 27.6 Å². The van der Waals surface area contributed by atoms with Crippen LogP contribution in [-0.4, -0.2) is 42.1 Å². The number of aliphatic hydroxyl groups excluding tert-OH is 1. The molecule has 0 aliphatic heterocycles. The number of aliphatic hydroxyl groups is 1. The van der Waals surface area contributed by atoms with Crippen LogP contribution in [0.3, 0.4) is 0 Å². The molecule has 1 aromatic heterocycles. The molecule has 3 aromatic rings. The topological polar surface area (TPSA) is 84.3 Å². The van der Waals surface area contributed by atoms with E-state index in [2.05, 4.69) is 35.2 Å². The summed E-state index contributed by atoms with van der Waals surface area (Å²) in [5.41, 5.74) is 4.20. The van der Waals surface area contributed by atoms with Crippen LogP contribution in [-0.2, 0) is 11.0 Å². The highest BCUT2D eigenvalue weighted by Gasteiger charge is 2.21. The van der Waals surface area contributed by atoms with Crippen molar-refractivity contribution in [2.75, 3.05) is 32.4 Å². The number of benzene rings is 2. The van der Waals surface area contributed by atoms with Gasteiger partial charge in [0.15, 0.2) is 0 Å². The third-order valence-electron chi connectivity index (χ3n) is 5.38. The van der Waals surface area contributed by atoms with Gasteiger partial charge in [-0.05, 0) is 63.3 Å². The first-order valence-electron chi connectivity index (χ1n) is 10.0. The molecule has 0 amide bonds. The molecule has 0 spiro atoms. The van der Waals surface area contributed by atoms with Gasteiger partial charge in [0.1, 0.15) is 24.5 Å². The van der Waals surface area contributed by atoms with Crippen molar-refractivity contribution in [3.63, 3.8) is 0 Å². The van der Waals surface area contributed by atoms with Crippen LogP contribution in [0.15, 0.2) is 30.3 Å². The van der Waals surface area contributed by atoms with Crippen LogP contribution in [0.2, 0.25) is 0 Å². The van der Waals surface area contributed by atoms with Gasteiger partial charge in [0, 0.05) is 18.1 Å². The van der Waals surface area contributed by atoms with Gasteiger partial charge in [-0.3, -0.25) is 0 Å². The highest BCUT2D eigenvalue weighted by Crippen LogP contribution is 2.41. The first kappa shape index (κ1) is 22.3. The molecule has 6 nitrogen and oxygen atoms in total. The van der Waals surface area contributed by atoms with E-state index in [1.54, 1.807) is 20.4 Å². The standard InChI is InChI=1S/C23H30N3O3P/c1-14-17(10-11-27)8-7-9-18(14)15(2)24-23-19-12-22(30(5,6)28)21(29-4)13-20(19)25-16(3)26-23/h7-9,12-13,15,27H,10-11H2,1-6H3,(H,24,25,26)/t15-/m1/s1. The Bertz CT molecular complexity index is 1120. The number of hydrogen-bond donors (Lipinski definition) is 2. The number of rotatable bonds is 7. The maximum atomic E-state index is 12.8. The van der Waals surface area contributed by atoms with Gasteiger partial charge in [0.05, 0.1) is 24.0 Å².